The number of hydrogen-bond donors (Lipinski definition) is 1. The fraction of sp³-hybridized carbons (Fsp3) is 0.562. The maximum atomic E-state index is 13.8. The van der Waals surface area contributed by atoms with Gasteiger partial charge in [-0.1, -0.05) is 0 Å². The van der Waals surface area contributed by atoms with Crippen LogP contribution in [0.3, 0.4) is 0 Å². The first-order valence-corrected chi connectivity index (χ1v) is 8.99. The summed E-state index contributed by atoms with van der Waals surface area (Å²) in [6.07, 6.45) is 4.28. The third kappa shape index (κ3) is 4.29. The van der Waals surface area contributed by atoms with Gasteiger partial charge in [-0.15, -0.1) is 0 Å². The van der Waals surface area contributed by atoms with E-state index in [9.17, 15) is 9.18 Å². The SMILES string of the molecule is CSCC(C)N(C)C(=O)Nc1cc(F)cc(N2CCCC2)c1. The second-order valence-electron chi connectivity index (χ2n) is 5.74. The van der Waals surface area contributed by atoms with Crippen LogP contribution in [0.25, 0.3) is 0 Å². The van der Waals surface area contributed by atoms with E-state index in [1.54, 1.807) is 23.7 Å². The molecule has 1 unspecified atom stereocenters. The van der Waals surface area contributed by atoms with Crippen LogP contribution in [0.2, 0.25) is 0 Å². The van der Waals surface area contributed by atoms with E-state index in [1.807, 2.05) is 19.2 Å². The number of nitrogens with zero attached hydrogens (tertiary/aromatic N) is 2. The van der Waals surface area contributed by atoms with E-state index in [0.29, 0.717) is 5.69 Å². The molecule has 2 rings (SSSR count). The molecule has 1 saturated heterocycles. The van der Waals surface area contributed by atoms with Gasteiger partial charge in [-0.3, -0.25) is 0 Å². The Bertz CT molecular complexity index is 520. The molecule has 1 heterocycles. The highest BCUT2D eigenvalue weighted by atomic mass is 32.2. The van der Waals surface area contributed by atoms with Crippen LogP contribution in [0.15, 0.2) is 18.2 Å². The van der Waals surface area contributed by atoms with E-state index >= 15 is 0 Å². The molecule has 0 radical (unpaired) electrons. The average Bonchev–Trinajstić information content (AvgIpc) is 3.00. The van der Waals surface area contributed by atoms with Crippen LogP contribution in [0.1, 0.15) is 19.8 Å². The predicted octanol–water partition coefficient (Wildman–Crippen LogP) is 3.64. The molecular formula is C16H24FN3OS. The molecule has 1 aliphatic heterocycles. The number of amides is 2. The maximum absolute atomic E-state index is 13.8. The number of carbonyl (C=O) groups is 1. The lowest BCUT2D eigenvalue weighted by Gasteiger charge is -2.25. The Labute approximate surface area is 136 Å². The summed E-state index contributed by atoms with van der Waals surface area (Å²) in [5.74, 6) is 0.547. The molecule has 1 atom stereocenters. The number of anilines is 2. The van der Waals surface area contributed by atoms with Crippen LogP contribution in [-0.4, -0.2) is 49.1 Å². The van der Waals surface area contributed by atoms with Crippen molar-refractivity contribution in [2.75, 3.05) is 42.4 Å². The minimum Gasteiger partial charge on any atom is -0.371 e. The summed E-state index contributed by atoms with van der Waals surface area (Å²) >= 11 is 1.70. The molecule has 1 aromatic rings. The fourth-order valence-corrected chi connectivity index (χ4v) is 3.28. The number of halogens is 1. The number of thioether (sulfide) groups is 1. The number of rotatable bonds is 5. The van der Waals surface area contributed by atoms with Crippen molar-refractivity contribution in [3.05, 3.63) is 24.0 Å². The van der Waals surface area contributed by atoms with Gasteiger partial charge in [0.25, 0.3) is 0 Å². The minimum atomic E-state index is -0.320. The van der Waals surface area contributed by atoms with Crippen LogP contribution in [0.4, 0.5) is 20.6 Å². The zero-order chi connectivity index (χ0) is 16.1. The molecule has 22 heavy (non-hydrogen) atoms. The van der Waals surface area contributed by atoms with Crippen molar-refractivity contribution in [1.82, 2.24) is 4.90 Å². The highest BCUT2D eigenvalue weighted by Gasteiger charge is 2.17. The van der Waals surface area contributed by atoms with Gasteiger partial charge in [0, 0.05) is 43.3 Å². The molecule has 1 N–H and O–H groups in total. The van der Waals surface area contributed by atoms with E-state index in [2.05, 4.69) is 10.2 Å². The Morgan fingerprint density at radius 2 is 2.09 bits per heavy atom. The van der Waals surface area contributed by atoms with Gasteiger partial charge in [-0.05, 0) is 44.2 Å². The molecule has 122 valence electrons. The topological polar surface area (TPSA) is 35.6 Å². The van der Waals surface area contributed by atoms with Crippen LogP contribution < -0.4 is 10.2 Å². The summed E-state index contributed by atoms with van der Waals surface area (Å²) in [5, 5.41) is 2.80. The Balaban J connectivity index is 2.07. The summed E-state index contributed by atoms with van der Waals surface area (Å²) in [4.78, 5) is 16.0. The van der Waals surface area contributed by atoms with Gasteiger partial charge in [0.1, 0.15) is 5.82 Å². The van der Waals surface area contributed by atoms with Crippen LogP contribution in [0.5, 0.6) is 0 Å². The van der Waals surface area contributed by atoms with E-state index in [0.717, 1.165) is 37.4 Å². The largest absolute Gasteiger partial charge is 0.371 e. The number of benzene rings is 1. The summed E-state index contributed by atoms with van der Waals surface area (Å²) in [6.45, 7) is 3.89. The van der Waals surface area contributed by atoms with Gasteiger partial charge in [-0.25, -0.2) is 9.18 Å². The molecule has 0 aliphatic carbocycles. The molecule has 1 aliphatic rings. The third-order valence-corrected chi connectivity index (χ3v) is 4.81. The van der Waals surface area contributed by atoms with Gasteiger partial charge in [-0.2, -0.15) is 11.8 Å². The molecule has 0 aromatic heterocycles. The Hall–Kier alpha value is -1.43. The summed E-state index contributed by atoms with van der Waals surface area (Å²) in [5.41, 5.74) is 1.35. The highest BCUT2D eigenvalue weighted by Crippen LogP contribution is 2.25. The Kier molecular flexibility index (Phi) is 5.94. The molecule has 4 nitrogen and oxygen atoms in total. The number of hydrogen-bond acceptors (Lipinski definition) is 3. The van der Waals surface area contributed by atoms with Crippen LogP contribution in [-0.2, 0) is 0 Å². The predicted molar refractivity (Wildman–Crippen MR) is 92.5 cm³/mol. The van der Waals surface area contributed by atoms with E-state index in [-0.39, 0.29) is 17.9 Å². The lowest BCUT2D eigenvalue weighted by Crippen LogP contribution is -2.39. The fourth-order valence-electron chi connectivity index (χ4n) is 2.57. The van der Waals surface area contributed by atoms with Crippen molar-refractivity contribution < 1.29 is 9.18 Å². The summed E-state index contributed by atoms with van der Waals surface area (Å²) < 4.78 is 13.8. The van der Waals surface area contributed by atoms with Crippen LogP contribution >= 0.6 is 11.8 Å². The zero-order valence-corrected chi connectivity index (χ0v) is 14.3. The highest BCUT2D eigenvalue weighted by molar-refractivity contribution is 7.98. The minimum absolute atomic E-state index is 0.126. The molecule has 0 spiro atoms. The Morgan fingerprint density at radius 3 is 2.73 bits per heavy atom. The molecule has 2 amide bonds. The maximum Gasteiger partial charge on any atom is 0.321 e. The van der Waals surface area contributed by atoms with E-state index in [1.165, 1.54) is 12.1 Å². The van der Waals surface area contributed by atoms with Gasteiger partial charge in [0.15, 0.2) is 0 Å². The number of carbonyl (C=O) groups excluding carboxylic acids is 1. The second-order valence-corrected chi connectivity index (χ2v) is 6.65. The molecule has 1 fully saturated rings. The van der Waals surface area contributed by atoms with E-state index in [4.69, 9.17) is 0 Å². The van der Waals surface area contributed by atoms with Gasteiger partial charge in [0.2, 0.25) is 0 Å². The lowest BCUT2D eigenvalue weighted by molar-refractivity contribution is 0.212. The van der Waals surface area contributed by atoms with Crippen molar-refractivity contribution >= 4 is 29.2 Å². The quantitative estimate of drug-likeness (QED) is 0.898. The van der Waals surface area contributed by atoms with Gasteiger partial charge >= 0.3 is 6.03 Å². The number of nitrogens with one attached hydrogen (secondary N) is 1. The van der Waals surface area contributed by atoms with Gasteiger partial charge < -0.3 is 15.1 Å². The zero-order valence-electron chi connectivity index (χ0n) is 13.4. The van der Waals surface area contributed by atoms with Crippen molar-refractivity contribution in [3.63, 3.8) is 0 Å². The van der Waals surface area contributed by atoms with Gasteiger partial charge in [0.05, 0.1) is 0 Å². The smallest absolute Gasteiger partial charge is 0.321 e. The first-order chi connectivity index (χ1) is 10.5. The number of urea groups is 1. The monoisotopic (exact) mass is 325 g/mol. The van der Waals surface area contributed by atoms with Crippen molar-refractivity contribution in [2.45, 2.75) is 25.8 Å². The first-order valence-electron chi connectivity index (χ1n) is 7.59. The van der Waals surface area contributed by atoms with Crippen LogP contribution in [0, 0.1) is 5.82 Å². The third-order valence-electron chi connectivity index (χ3n) is 3.99. The Morgan fingerprint density at radius 1 is 1.41 bits per heavy atom. The first kappa shape index (κ1) is 16.9. The standard InChI is InChI=1S/C16H24FN3OS/c1-12(11-22-3)19(2)16(21)18-14-8-13(17)9-15(10-14)20-6-4-5-7-20/h8-10,12H,4-7,11H2,1-3H3,(H,18,21). The van der Waals surface area contributed by atoms with Crippen molar-refractivity contribution in [1.29, 1.82) is 0 Å². The molecule has 0 bridgehead atoms. The molecule has 6 heteroatoms. The average molecular weight is 325 g/mol. The normalized spacial score (nSPS) is 15.7. The molecule has 1 aromatic carbocycles. The second kappa shape index (κ2) is 7.72. The van der Waals surface area contributed by atoms with E-state index < -0.39 is 0 Å². The lowest BCUT2D eigenvalue weighted by atomic mass is 10.2. The summed E-state index contributed by atoms with van der Waals surface area (Å²) in [7, 11) is 1.76. The van der Waals surface area contributed by atoms with Crippen molar-refractivity contribution in [2.24, 2.45) is 0 Å². The summed E-state index contributed by atoms with van der Waals surface area (Å²) in [6, 6.07) is 4.66. The van der Waals surface area contributed by atoms with Crippen molar-refractivity contribution in [3.8, 4) is 0 Å². The molecular weight excluding hydrogens is 301 g/mol. The molecule has 0 saturated carbocycles.